The van der Waals surface area contributed by atoms with E-state index >= 15 is 0 Å². The van der Waals surface area contributed by atoms with Crippen LogP contribution in [-0.4, -0.2) is 12.2 Å². The molecule has 0 saturated carbocycles. The topological polar surface area (TPSA) is 46.2 Å². The number of hydrogen-bond donors (Lipinski definition) is 1. The molecule has 0 radical (unpaired) electrons. The molecule has 3 nitrogen and oxygen atoms in total. The van der Waals surface area contributed by atoms with Crippen LogP contribution in [0.25, 0.3) is 0 Å². The van der Waals surface area contributed by atoms with Gasteiger partial charge in [0.2, 0.25) is 5.91 Å². The highest BCUT2D eigenvalue weighted by molar-refractivity contribution is 5.94. The Morgan fingerprint density at radius 1 is 1.33 bits per heavy atom. The van der Waals surface area contributed by atoms with Gasteiger partial charge >= 0.3 is 0 Å². The maximum atomic E-state index is 11.1. The summed E-state index contributed by atoms with van der Waals surface area (Å²) in [5.74, 6) is 5.14. The van der Waals surface area contributed by atoms with E-state index in [2.05, 4.69) is 17.2 Å². The minimum atomic E-state index is 0.0502. The first-order chi connectivity index (χ1) is 7.29. The third-order valence-corrected chi connectivity index (χ3v) is 2.28. The van der Waals surface area contributed by atoms with E-state index in [1.807, 2.05) is 12.1 Å². The van der Waals surface area contributed by atoms with Gasteiger partial charge in [0.15, 0.2) is 6.29 Å². The molecule has 0 spiro atoms. The molecule has 1 aromatic rings. The number of rotatable bonds is 0. The lowest BCUT2D eigenvalue weighted by Crippen LogP contribution is -2.18. The Bertz CT molecular complexity index is 480. The van der Waals surface area contributed by atoms with Gasteiger partial charge in [-0.25, -0.2) is 0 Å². The molecule has 0 unspecified atom stereocenters. The van der Waals surface area contributed by atoms with Gasteiger partial charge in [-0.15, -0.1) is 0 Å². The van der Waals surface area contributed by atoms with Crippen molar-refractivity contribution in [3.8, 4) is 11.8 Å². The van der Waals surface area contributed by atoms with Gasteiger partial charge in [0.1, 0.15) is 0 Å². The summed E-state index contributed by atoms with van der Waals surface area (Å²) in [7, 11) is 0. The number of benzene rings is 1. The second-order valence-electron chi connectivity index (χ2n) is 3.31. The lowest BCUT2D eigenvalue weighted by atomic mass is 10.0. The first kappa shape index (κ1) is 9.47. The van der Waals surface area contributed by atoms with Gasteiger partial charge in [-0.3, -0.25) is 9.59 Å². The highest BCUT2D eigenvalue weighted by atomic mass is 16.1. The summed E-state index contributed by atoms with van der Waals surface area (Å²) >= 11 is 0. The fourth-order valence-electron chi connectivity index (χ4n) is 1.57. The average molecular weight is 199 g/mol. The summed E-state index contributed by atoms with van der Waals surface area (Å²) in [6, 6.07) is 5.52. The van der Waals surface area contributed by atoms with Crippen molar-refractivity contribution in [1.29, 1.82) is 0 Å². The van der Waals surface area contributed by atoms with Crippen LogP contribution >= 0.6 is 0 Å². The molecule has 0 fully saturated rings. The molecule has 1 heterocycles. The van der Waals surface area contributed by atoms with Gasteiger partial charge in [-0.2, -0.15) is 0 Å². The van der Waals surface area contributed by atoms with E-state index in [0.717, 1.165) is 23.2 Å². The zero-order valence-electron chi connectivity index (χ0n) is 8.04. The van der Waals surface area contributed by atoms with Crippen LogP contribution in [0, 0.1) is 11.8 Å². The first-order valence-electron chi connectivity index (χ1n) is 4.67. The number of fused-ring (bicyclic) bond motifs is 1. The Labute approximate surface area is 87.5 Å². The lowest BCUT2D eigenvalue weighted by Gasteiger charge is -2.16. The highest BCUT2D eigenvalue weighted by Gasteiger charge is 2.13. The number of carbonyl (C=O) groups is 2. The van der Waals surface area contributed by atoms with Crippen molar-refractivity contribution in [3.05, 3.63) is 29.3 Å². The number of aryl methyl sites for hydroxylation is 1. The summed E-state index contributed by atoms with van der Waals surface area (Å²) in [6.07, 6.45) is 1.82. The standard InChI is InChI=1S/C12H9NO2/c14-7-1-2-9-3-5-11-10(8-9)4-6-12(15)13-11/h3,5,7-8H,4,6H2,(H,13,15). The van der Waals surface area contributed by atoms with Crippen LogP contribution in [0.3, 0.4) is 0 Å². The molecule has 1 N–H and O–H groups in total. The van der Waals surface area contributed by atoms with E-state index in [1.54, 1.807) is 6.07 Å². The predicted molar refractivity (Wildman–Crippen MR) is 56.3 cm³/mol. The second kappa shape index (κ2) is 3.97. The third-order valence-electron chi connectivity index (χ3n) is 2.28. The van der Waals surface area contributed by atoms with E-state index in [0.29, 0.717) is 12.7 Å². The third kappa shape index (κ3) is 2.05. The van der Waals surface area contributed by atoms with E-state index in [4.69, 9.17) is 0 Å². The van der Waals surface area contributed by atoms with E-state index in [1.165, 1.54) is 0 Å². The fraction of sp³-hybridized carbons (Fsp3) is 0.167. The van der Waals surface area contributed by atoms with Crippen molar-refractivity contribution < 1.29 is 9.59 Å². The molecular formula is C12H9NO2. The van der Waals surface area contributed by atoms with Crippen molar-refractivity contribution in [2.24, 2.45) is 0 Å². The smallest absolute Gasteiger partial charge is 0.224 e. The SMILES string of the molecule is O=CC#Cc1ccc2c(c1)CCC(=O)N2. The molecule has 2 rings (SSSR count). The van der Waals surface area contributed by atoms with Gasteiger partial charge in [0.05, 0.1) is 0 Å². The largest absolute Gasteiger partial charge is 0.326 e. The molecule has 1 aliphatic rings. The molecule has 0 saturated heterocycles. The first-order valence-corrected chi connectivity index (χ1v) is 4.67. The molecule has 0 aromatic heterocycles. The molecule has 0 atom stereocenters. The summed E-state index contributed by atoms with van der Waals surface area (Å²) in [5.41, 5.74) is 2.73. The van der Waals surface area contributed by atoms with Crippen LogP contribution in [0.4, 0.5) is 5.69 Å². The van der Waals surface area contributed by atoms with Gasteiger partial charge in [-0.1, -0.05) is 5.92 Å². The number of carbonyl (C=O) groups excluding carboxylic acids is 2. The molecule has 1 amide bonds. The Morgan fingerprint density at radius 2 is 2.20 bits per heavy atom. The Balaban J connectivity index is 2.34. The summed E-state index contributed by atoms with van der Waals surface area (Å²) in [4.78, 5) is 21.2. The van der Waals surface area contributed by atoms with E-state index in [-0.39, 0.29) is 5.91 Å². The molecule has 1 aromatic carbocycles. The molecule has 0 bridgehead atoms. The van der Waals surface area contributed by atoms with Gasteiger partial charge in [0, 0.05) is 17.7 Å². The highest BCUT2D eigenvalue weighted by Crippen LogP contribution is 2.22. The van der Waals surface area contributed by atoms with E-state index in [9.17, 15) is 9.59 Å². The minimum absolute atomic E-state index is 0.0502. The van der Waals surface area contributed by atoms with Crippen molar-refractivity contribution in [2.75, 3.05) is 5.32 Å². The maximum Gasteiger partial charge on any atom is 0.224 e. The predicted octanol–water partition coefficient (Wildman–Crippen LogP) is 1.12. The van der Waals surface area contributed by atoms with Crippen LogP contribution in [0.15, 0.2) is 18.2 Å². The summed E-state index contributed by atoms with van der Waals surface area (Å²) < 4.78 is 0. The number of aldehydes is 1. The molecule has 3 heteroatoms. The van der Waals surface area contributed by atoms with Crippen LogP contribution in [0.1, 0.15) is 17.5 Å². The second-order valence-corrected chi connectivity index (χ2v) is 3.31. The molecule has 1 aliphatic heterocycles. The van der Waals surface area contributed by atoms with Crippen molar-refractivity contribution in [1.82, 2.24) is 0 Å². The number of amides is 1. The molecule has 74 valence electrons. The van der Waals surface area contributed by atoms with Crippen molar-refractivity contribution in [3.63, 3.8) is 0 Å². The van der Waals surface area contributed by atoms with Gasteiger partial charge in [0.25, 0.3) is 0 Å². The van der Waals surface area contributed by atoms with Gasteiger partial charge in [-0.05, 0) is 36.1 Å². The summed E-state index contributed by atoms with van der Waals surface area (Å²) in [6.45, 7) is 0. The minimum Gasteiger partial charge on any atom is -0.326 e. The number of hydrogen-bond acceptors (Lipinski definition) is 2. The molecule has 0 aliphatic carbocycles. The quantitative estimate of drug-likeness (QED) is 0.502. The Morgan fingerprint density at radius 3 is 3.00 bits per heavy atom. The van der Waals surface area contributed by atoms with Crippen LogP contribution in [0.5, 0.6) is 0 Å². The summed E-state index contributed by atoms with van der Waals surface area (Å²) in [5, 5.41) is 2.79. The molecule has 15 heavy (non-hydrogen) atoms. The molecular weight excluding hydrogens is 190 g/mol. The van der Waals surface area contributed by atoms with Crippen molar-refractivity contribution in [2.45, 2.75) is 12.8 Å². The monoisotopic (exact) mass is 199 g/mol. The van der Waals surface area contributed by atoms with Crippen LogP contribution < -0.4 is 5.32 Å². The van der Waals surface area contributed by atoms with E-state index < -0.39 is 0 Å². The van der Waals surface area contributed by atoms with Crippen LogP contribution in [-0.2, 0) is 16.0 Å². The Kier molecular flexibility index (Phi) is 2.51. The zero-order chi connectivity index (χ0) is 10.7. The van der Waals surface area contributed by atoms with Gasteiger partial charge < -0.3 is 5.32 Å². The maximum absolute atomic E-state index is 11.1. The fourth-order valence-corrected chi connectivity index (χ4v) is 1.57. The number of anilines is 1. The average Bonchev–Trinajstić information content (AvgIpc) is 2.26. The normalized spacial score (nSPS) is 13.2. The Hall–Kier alpha value is -2.08. The zero-order valence-corrected chi connectivity index (χ0v) is 8.04. The lowest BCUT2D eigenvalue weighted by molar-refractivity contribution is -0.116. The van der Waals surface area contributed by atoms with Crippen molar-refractivity contribution >= 4 is 17.9 Å². The number of nitrogens with one attached hydrogen (secondary N) is 1. The van der Waals surface area contributed by atoms with Crippen LogP contribution in [0.2, 0.25) is 0 Å².